The lowest BCUT2D eigenvalue weighted by Crippen LogP contribution is -2.40. The number of hydrogen-bond acceptors (Lipinski definition) is 1. The number of hydrogen-bond donors (Lipinski definition) is 0. The first-order valence-electron chi connectivity index (χ1n) is 14.4. The lowest BCUT2D eigenvalue weighted by molar-refractivity contribution is 0.295. The molecule has 0 aromatic rings. The molecule has 186 valence electrons. The lowest BCUT2D eigenvalue weighted by atomic mass is 9.55. The van der Waals surface area contributed by atoms with Crippen LogP contribution < -0.4 is 0 Å². The zero-order valence-electron chi connectivity index (χ0n) is 21.8. The van der Waals surface area contributed by atoms with Gasteiger partial charge in [-0.3, -0.25) is 4.99 Å². The van der Waals surface area contributed by atoms with Crippen LogP contribution in [0, 0.1) is 41.4 Å². The first kappa shape index (κ1) is 23.0. The maximum atomic E-state index is 4.66. The second kappa shape index (κ2) is 9.60. The molecule has 0 aromatic carbocycles. The molecule has 37 heavy (non-hydrogen) atoms. The minimum Gasteiger partial charge on any atom is -0.290 e. The first-order chi connectivity index (χ1) is 18.3. The number of aliphatic imine (C=N–C) groups is 1. The van der Waals surface area contributed by atoms with E-state index < -0.39 is 0 Å². The van der Waals surface area contributed by atoms with Crippen LogP contribution in [0.3, 0.4) is 0 Å². The quantitative estimate of drug-likeness (QED) is 0.382. The molecule has 0 aromatic heterocycles. The van der Waals surface area contributed by atoms with Crippen LogP contribution in [0.25, 0.3) is 0 Å². The summed E-state index contributed by atoms with van der Waals surface area (Å²) in [6.45, 7) is 2.25. The van der Waals surface area contributed by atoms with E-state index in [2.05, 4.69) is 115 Å². The molecule has 0 radical (unpaired) electrons. The Labute approximate surface area is 222 Å². The van der Waals surface area contributed by atoms with Gasteiger partial charge in [0.2, 0.25) is 0 Å². The van der Waals surface area contributed by atoms with Gasteiger partial charge in [-0.25, -0.2) is 0 Å². The van der Waals surface area contributed by atoms with Gasteiger partial charge in [-0.15, -0.1) is 0 Å². The molecule has 1 fully saturated rings. The van der Waals surface area contributed by atoms with Gasteiger partial charge in [-0.1, -0.05) is 103 Å². The SMILES string of the molecule is CC1N=CC=CC1C1C=CC(C2C3=CCCC=C3C(C3=CC=C4C=CC=CC4C3)C3C=CC=CC23)=CC1. The van der Waals surface area contributed by atoms with Crippen molar-refractivity contribution in [3.63, 3.8) is 0 Å². The topological polar surface area (TPSA) is 12.4 Å². The predicted molar refractivity (Wildman–Crippen MR) is 156 cm³/mol. The van der Waals surface area contributed by atoms with Crippen molar-refractivity contribution in [3.8, 4) is 0 Å². The zero-order chi connectivity index (χ0) is 24.8. The summed E-state index contributed by atoms with van der Waals surface area (Å²) in [5.41, 5.74) is 7.83. The summed E-state index contributed by atoms with van der Waals surface area (Å²) < 4.78 is 0. The molecule has 0 amide bonds. The van der Waals surface area contributed by atoms with E-state index in [-0.39, 0.29) is 0 Å². The average molecular weight is 484 g/mol. The fourth-order valence-corrected chi connectivity index (χ4v) is 7.91. The molecule has 1 heterocycles. The van der Waals surface area contributed by atoms with Crippen LogP contribution in [0.5, 0.6) is 0 Å². The van der Waals surface area contributed by atoms with Crippen molar-refractivity contribution in [2.45, 2.75) is 38.6 Å². The van der Waals surface area contributed by atoms with E-state index in [0.717, 1.165) is 12.8 Å². The Morgan fingerprint density at radius 3 is 2.22 bits per heavy atom. The Kier molecular flexibility index (Phi) is 5.96. The van der Waals surface area contributed by atoms with Crippen molar-refractivity contribution in [2.75, 3.05) is 0 Å². The molecule has 1 nitrogen and oxygen atoms in total. The third kappa shape index (κ3) is 4.04. The molecular weight excluding hydrogens is 446 g/mol. The van der Waals surface area contributed by atoms with Gasteiger partial charge in [-0.2, -0.15) is 0 Å². The summed E-state index contributed by atoms with van der Waals surface area (Å²) in [6, 6.07) is 0.365. The second-order valence-electron chi connectivity index (χ2n) is 11.7. The van der Waals surface area contributed by atoms with Crippen LogP contribution in [0.2, 0.25) is 0 Å². The van der Waals surface area contributed by atoms with E-state index in [4.69, 9.17) is 0 Å². The van der Waals surface area contributed by atoms with Gasteiger partial charge in [0, 0.05) is 29.9 Å². The molecule has 7 rings (SSSR count). The maximum Gasteiger partial charge on any atom is 0.0539 e. The van der Waals surface area contributed by atoms with Crippen LogP contribution in [-0.4, -0.2) is 12.3 Å². The van der Waals surface area contributed by atoms with Crippen LogP contribution >= 0.6 is 0 Å². The number of rotatable bonds is 3. The fraction of sp³-hybridized carbons (Fsp3) is 0.361. The normalized spacial score (nSPS) is 39.1. The van der Waals surface area contributed by atoms with Crippen molar-refractivity contribution in [1.82, 2.24) is 0 Å². The van der Waals surface area contributed by atoms with Crippen LogP contribution in [0.15, 0.2) is 136 Å². The summed E-state index contributed by atoms with van der Waals surface area (Å²) in [5, 5.41) is 0. The summed E-state index contributed by atoms with van der Waals surface area (Å²) in [4.78, 5) is 4.66. The van der Waals surface area contributed by atoms with Gasteiger partial charge in [0.25, 0.3) is 0 Å². The molecule has 0 saturated heterocycles. The van der Waals surface area contributed by atoms with Crippen molar-refractivity contribution in [1.29, 1.82) is 0 Å². The summed E-state index contributed by atoms with van der Waals surface area (Å²) >= 11 is 0. The molecule has 1 aliphatic heterocycles. The summed E-state index contributed by atoms with van der Waals surface area (Å²) in [7, 11) is 0. The largest absolute Gasteiger partial charge is 0.290 e. The second-order valence-corrected chi connectivity index (χ2v) is 11.7. The van der Waals surface area contributed by atoms with Gasteiger partial charge in [-0.05, 0) is 78.7 Å². The molecule has 0 N–H and O–H groups in total. The summed E-state index contributed by atoms with van der Waals surface area (Å²) in [5.74, 6) is 3.54. The van der Waals surface area contributed by atoms with Gasteiger partial charge in [0.05, 0.1) is 6.04 Å². The van der Waals surface area contributed by atoms with Crippen LogP contribution in [0.1, 0.15) is 32.6 Å². The van der Waals surface area contributed by atoms with Gasteiger partial charge >= 0.3 is 0 Å². The highest BCUT2D eigenvalue weighted by Crippen LogP contribution is 2.56. The van der Waals surface area contributed by atoms with Crippen LogP contribution in [-0.2, 0) is 0 Å². The van der Waals surface area contributed by atoms with Crippen molar-refractivity contribution in [3.05, 3.63) is 131 Å². The van der Waals surface area contributed by atoms with Gasteiger partial charge in [0.1, 0.15) is 0 Å². The first-order valence-corrected chi connectivity index (χ1v) is 14.4. The third-order valence-electron chi connectivity index (χ3n) is 9.72. The molecule has 0 bridgehead atoms. The van der Waals surface area contributed by atoms with E-state index in [1.54, 1.807) is 16.7 Å². The van der Waals surface area contributed by atoms with Crippen LogP contribution in [0.4, 0.5) is 0 Å². The minimum atomic E-state index is 0.365. The Balaban J connectivity index is 1.22. The van der Waals surface area contributed by atoms with E-state index in [0.29, 0.717) is 47.5 Å². The van der Waals surface area contributed by atoms with E-state index >= 15 is 0 Å². The average Bonchev–Trinajstić information content (AvgIpc) is 2.96. The van der Waals surface area contributed by atoms with Crippen molar-refractivity contribution < 1.29 is 0 Å². The molecule has 8 atom stereocenters. The van der Waals surface area contributed by atoms with Crippen molar-refractivity contribution >= 4 is 6.21 Å². The highest BCUT2D eigenvalue weighted by molar-refractivity contribution is 5.72. The van der Waals surface area contributed by atoms with Gasteiger partial charge in [0.15, 0.2) is 0 Å². The van der Waals surface area contributed by atoms with Crippen molar-refractivity contribution in [2.24, 2.45) is 46.4 Å². The number of fused-ring (bicyclic) bond motifs is 3. The number of allylic oxidation sites excluding steroid dienone is 21. The molecule has 7 aliphatic rings. The molecule has 1 heteroatoms. The van der Waals surface area contributed by atoms with E-state index in [1.807, 2.05) is 6.21 Å². The number of dihydropyridines is 1. The predicted octanol–water partition coefficient (Wildman–Crippen LogP) is 8.38. The Bertz CT molecular complexity index is 1330. The maximum absolute atomic E-state index is 4.66. The zero-order valence-corrected chi connectivity index (χ0v) is 21.8. The monoisotopic (exact) mass is 483 g/mol. The molecule has 8 unspecified atom stereocenters. The highest BCUT2D eigenvalue weighted by Gasteiger charge is 2.46. The lowest BCUT2D eigenvalue weighted by Gasteiger charge is -2.48. The highest BCUT2D eigenvalue weighted by atomic mass is 14.8. The molecule has 1 saturated carbocycles. The Hall–Kier alpha value is -3.19. The third-order valence-corrected chi connectivity index (χ3v) is 9.72. The fourth-order valence-electron chi connectivity index (χ4n) is 7.91. The Morgan fingerprint density at radius 2 is 1.43 bits per heavy atom. The van der Waals surface area contributed by atoms with Gasteiger partial charge < -0.3 is 0 Å². The minimum absolute atomic E-state index is 0.365. The smallest absolute Gasteiger partial charge is 0.0539 e. The molecular formula is C36H37N. The molecule has 6 aliphatic carbocycles. The standard InChI is InChI=1S/C36H37N/c1-24-30(15-8-22-37-24)26-17-19-27(20-18-26)35-31-11-4-6-13-33(31)36(34-14-7-5-12-32(34)35)29-21-16-25-9-2-3-10-28(25)23-29/h2-4,6,8-17,19-22,24,26,28,30-31,33,35-36H,5,7,18,23H2,1H3. The van der Waals surface area contributed by atoms with E-state index in [1.165, 1.54) is 24.0 Å². The van der Waals surface area contributed by atoms with E-state index in [9.17, 15) is 0 Å². The summed E-state index contributed by atoms with van der Waals surface area (Å²) in [6.07, 6.45) is 47.3. The Morgan fingerprint density at radius 1 is 0.676 bits per heavy atom. The molecule has 0 spiro atoms. The number of nitrogens with zero attached hydrogens (tertiary/aromatic N) is 1.